The molecule has 2 aromatic rings. The van der Waals surface area contributed by atoms with E-state index in [0.717, 1.165) is 55.4 Å². The molecule has 0 bridgehead atoms. The van der Waals surface area contributed by atoms with Crippen molar-refractivity contribution in [3.8, 4) is 17.2 Å². The molecule has 0 amide bonds. The normalized spacial score (nSPS) is 15.9. The molecule has 0 aromatic heterocycles. The minimum Gasteiger partial charge on any atom is -0.496 e. The van der Waals surface area contributed by atoms with Crippen LogP contribution in [0.3, 0.4) is 0 Å². The number of nitrogens with one attached hydrogen (secondary N) is 1. The summed E-state index contributed by atoms with van der Waals surface area (Å²) >= 11 is 0. The van der Waals surface area contributed by atoms with Crippen molar-refractivity contribution in [3.05, 3.63) is 52.6 Å². The van der Waals surface area contributed by atoms with Crippen molar-refractivity contribution in [2.45, 2.75) is 33.2 Å². The van der Waals surface area contributed by atoms with E-state index in [1.165, 1.54) is 16.7 Å². The molecular formula is C24H34N2O3. The highest BCUT2D eigenvalue weighted by Gasteiger charge is 2.26. The van der Waals surface area contributed by atoms with Gasteiger partial charge in [0.25, 0.3) is 0 Å². The smallest absolute Gasteiger partial charge is 0.161 e. The molecule has 0 saturated heterocycles. The zero-order valence-electron chi connectivity index (χ0n) is 18.4. The second kappa shape index (κ2) is 9.99. The summed E-state index contributed by atoms with van der Waals surface area (Å²) in [5, 5.41) is 3.67. The van der Waals surface area contributed by atoms with Crippen LogP contribution >= 0.6 is 0 Å². The zero-order chi connectivity index (χ0) is 20.8. The molecule has 158 valence electrons. The standard InChI is InChI=1S/C24H34N2O3/c1-6-26(7-2)12-13-29-23-16-19-18(15-22(23)28-5)10-11-25-24(19)20-14-17(3)8-9-21(20)27-4/h8-9,14-16,24-25H,6-7,10-13H2,1-5H3. The molecule has 0 aliphatic carbocycles. The third kappa shape index (κ3) is 4.85. The van der Waals surface area contributed by atoms with Crippen LogP contribution in [0.15, 0.2) is 30.3 Å². The van der Waals surface area contributed by atoms with Crippen LogP contribution in [0.4, 0.5) is 0 Å². The Morgan fingerprint density at radius 3 is 2.41 bits per heavy atom. The lowest BCUT2D eigenvalue weighted by Crippen LogP contribution is -2.31. The summed E-state index contributed by atoms with van der Waals surface area (Å²) in [7, 11) is 3.44. The monoisotopic (exact) mass is 398 g/mol. The number of hydrogen-bond donors (Lipinski definition) is 1. The maximum Gasteiger partial charge on any atom is 0.161 e. The summed E-state index contributed by atoms with van der Waals surface area (Å²) in [5.41, 5.74) is 4.91. The molecule has 3 rings (SSSR count). The number of fused-ring (bicyclic) bond motifs is 1. The number of methoxy groups -OCH3 is 2. The van der Waals surface area contributed by atoms with E-state index in [1.54, 1.807) is 14.2 Å². The van der Waals surface area contributed by atoms with Crippen molar-refractivity contribution in [2.24, 2.45) is 0 Å². The Kier molecular flexibility index (Phi) is 7.40. The number of rotatable bonds is 9. The van der Waals surface area contributed by atoms with Crippen LogP contribution in [0, 0.1) is 6.92 Å². The van der Waals surface area contributed by atoms with Crippen molar-refractivity contribution in [1.82, 2.24) is 10.2 Å². The average Bonchev–Trinajstić information content (AvgIpc) is 2.75. The fourth-order valence-electron chi connectivity index (χ4n) is 4.02. The van der Waals surface area contributed by atoms with Gasteiger partial charge in [-0.15, -0.1) is 0 Å². The molecule has 1 unspecified atom stereocenters. The van der Waals surface area contributed by atoms with Gasteiger partial charge in [-0.25, -0.2) is 0 Å². The van der Waals surface area contributed by atoms with E-state index < -0.39 is 0 Å². The van der Waals surface area contributed by atoms with Crippen molar-refractivity contribution in [1.29, 1.82) is 0 Å². The highest BCUT2D eigenvalue weighted by Crippen LogP contribution is 2.40. The number of nitrogens with zero attached hydrogens (tertiary/aromatic N) is 1. The molecule has 1 aliphatic rings. The lowest BCUT2D eigenvalue weighted by atomic mass is 9.88. The van der Waals surface area contributed by atoms with E-state index in [2.05, 4.69) is 55.3 Å². The SMILES string of the molecule is CCN(CC)CCOc1cc2c(cc1OC)CCNC2c1cc(C)ccc1OC. The van der Waals surface area contributed by atoms with Crippen LogP contribution in [-0.2, 0) is 6.42 Å². The van der Waals surface area contributed by atoms with Gasteiger partial charge in [-0.3, -0.25) is 0 Å². The molecule has 5 heteroatoms. The minimum absolute atomic E-state index is 0.0737. The predicted octanol–water partition coefficient (Wildman–Crippen LogP) is 3.97. The Balaban J connectivity index is 1.93. The number of hydrogen-bond acceptors (Lipinski definition) is 5. The van der Waals surface area contributed by atoms with Crippen LogP contribution in [0.2, 0.25) is 0 Å². The fraction of sp³-hybridized carbons (Fsp3) is 0.500. The van der Waals surface area contributed by atoms with Gasteiger partial charge in [-0.1, -0.05) is 31.5 Å². The molecule has 0 saturated carbocycles. The van der Waals surface area contributed by atoms with Crippen LogP contribution in [0.25, 0.3) is 0 Å². The van der Waals surface area contributed by atoms with Gasteiger partial charge >= 0.3 is 0 Å². The second-order valence-electron chi connectivity index (χ2n) is 7.46. The quantitative estimate of drug-likeness (QED) is 0.692. The lowest BCUT2D eigenvalue weighted by molar-refractivity contribution is 0.217. The first-order valence-corrected chi connectivity index (χ1v) is 10.5. The maximum atomic E-state index is 6.17. The third-order valence-corrected chi connectivity index (χ3v) is 5.73. The van der Waals surface area contributed by atoms with Gasteiger partial charge in [-0.2, -0.15) is 0 Å². The number of benzene rings is 2. The van der Waals surface area contributed by atoms with Crippen molar-refractivity contribution in [2.75, 3.05) is 47.0 Å². The van der Waals surface area contributed by atoms with E-state index in [4.69, 9.17) is 14.2 Å². The molecule has 0 radical (unpaired) electrons. The third-order valence-electron chi connectivity index (χ3n) is 5.73. The molecule has 1 aliphatic heterocycles. The Bertz CT molecular complexity index is 818. The molecule has 0 spiro atoms. The van der Waals surface area contributed by atoms with Gasteiger partial charge in [0.2, 0.25) is 0 Å². The largest absolute Gasteiger partial charge is 0.496 e. The second-order valence-corrected chi connectivity index (χ2v) is 7.46. The Labute approximate surface area is 175 Å². The first-order chi connectivity index (χ1) is 14.1. The van der Waals surface area contributed by atoms with E-state index >= 15 is 0 Å². The van der Waals surface area contributed by atoms with Crippen LogP contribution in [-0.4, -0.2) is 51.9 Å². The summed E-state index contributed by atoms with van der Waals surface area (Å²) < 4.78 is 17.5. The summed E-state index contributed by atoms with van der Waals surface area (Å²) in [6.07, 6.45) is 0.968. The lowest BCUT2D eigenvalue weighted by Gasteiger charge is -2.30. The van der Waals surface area contributed by atoms with Gasteiger partial charge in [0.15, 0.2) is 11.5 Å². The molecule has 1 atom stereocenters. The molecule has 1 N–H and O–H groups in total. The van der Waals surface area contributed by atoms with Crippen LogP contribution < -0.4 is 19.5 Å². The van der Waals surface area contributed by atoms with Gasteiger partial charge in [0.1, 0.15) is 12.4 Å². The van der Waals surface area contributed by atoms with Gasteiger partial charge in [-0.05, 0) is 55.8 Å². The van der Waals surface area contributed by atoms with E-state index in [9.17, 15) is 0 Å². The fourth-order valence-corrected chi connectivity index (χ4v) is 4.02. The Morgan fingerprint density at radius 1 is 0.966 bits per heavy atom. The van der Waals surface area contributed by atoms with E-state index in [1.807, 2.05) is 6.07 Å². The van der Waals surface area contributed by atoms with Crippen molar-refractivity contribution < 1.29 is 14.2 Å². The molecule has 29 heavy (non-hydrogen) atoms. The predicted molar refractivity (Wildman–Crippen MR) is 118 cm³/mol. The molecule has 2 aromatic carbocycles. The molecule has 0 fully saturated rings. The Hall–Kier alpha value is -2.24. The van der Waals surface area contributed by atoms with Crippen molar-refractivity contribution in [3.63, 3.8) is 0 Å². The zero-order valence-corrected chi connectivity index (χ0v) is 18.4. The summed E-state index contributed by atoms with van der Waals surface area (Å²) in [5.74, 6) is 2.51. The average molecular weight is 399 g/mol. The number of ether oxygens (including phenoxy) is 3. The van der Waals surface area contributed by atoms with Gasteiger partial charge in [0.05, 0.1) is 20.3 Å². The highest BCUT2D eigenvalue weighted by atomic mass is 16.5. The molecule has 1 heterocycles. The van der Waals surface area contributed by atoms with E-state index in [0.29, 0.717) is 6.61 Å². The first-order valence-electron chi connectivity index (χ1n) is 10.5. The number of aryl methyl sites for hydroxylation is 1. The highest BCUT2D eigenvalue weighted by molar-refractivity contribution is 5.53. The molecular weight excluding hydrogens is 364 g/mol. The summed E-state index contributed by atoms with van der Waals surface area (Å²) in [6, 6.07) is 10.7. The first kappa shape index (κ1) is 21.5. The van der Waals surface area contributed by atoms with Crippen LogP contribution in [0.1, 0.15) is 42.1 Å². The Morgan fingerprint density at radius 2 is 1.72 bits per heavy atom. The number of likely N-dealkylation sites (N-methyl/N-ethyl adjacent to an activating group) is 1. The van der Waals surface area contributed by atoms with Gasteiger partial charge < -0.3 is 24.4 Å². The maximum absolute atomic E-state index is 6.17. The minimum atomic E-state index is 0.0737. The van der Waals surface area contributed by atoms with Crippen LogP contribution in [0.5, 0.6) is 17.2 Å². The summed E-state index contributed by atoms with van der Waals surface area (Å²) in [4.78, 5) is 2.35. The summed E-state index contributed by atoms with van der Waals surface area (Å²) in [6.45, 7) is 11.0. The van der Waals surface area contributed by atoms with Crippen molar-refractivity contribution >= 4 is 0 Å². The van der Waals surface area contributed by atoms with E-state index in [-0.39, 0.29) is 6.04 Å². The molecule has 5 nitrogen and oxygen atoms in total. The van der Waals surface area contributed by atoms with Gasteiger partial charge in [0, 0.05) is 18.7 Å². The topological polar surface area (TPSA) is 43.0 Å².